The molecule has 4 heterocycles. The zero-order valence-electron chi connectivity index (χ0n) is 16.7. The van der Waals surface area contributed by atoms with Crippen LogP contribution < -0.4 is 4.90 Å². The molecule has 1 aromatic heterocycles. The number of nitrogens with zero attached hydrogens (tertiary/aromatic N) is 5. The lowest BCUT2D eigenvalue weighted by Crippen LogP contribution is -2.39. The van der Waals surface area contributed by atoms with Crippen molar-refractivity contribution in [3.05, 3.63) is 18.0 Å². The molecule has 4 rings (SSSR count). The first kappa shape index (κ1) is 19.1. The first-order chi connectivity index (χ1) is 13.4. The zero-order valence-corrected chi connectivity index (χ0v) is 16.7. The van der Waals surface area contributed by atoms with Crippen LogP contribution in [0.15, 0.2) is 12.4 Å². The average molecular weight is 374 g/mol. The van der Waals surface area contributed by atoms with E-state index in [-0.39, 0.29) is 0 Å². The number of morpholine rings is 1. The van der Waals surface area contributed by atoms with E-state index in [1.807, 2.05) is 12.4 Å². The van der Waals surface area contributed by atoms with Gasteiger partial charge in [-0.1, -0.05) is 0 Å². The Morgan fingerprint density at radius 3 is 2.26 bits per heavy atom. The highest BCUT2D eigenvalue weighted by Crippen LogP contribution is 2.22. The minimum Gasteiger partial charge on any atom is -0.379 e. The molecule has 3 aliphatic heterocycles. The second-order valence-electron chi connectivity index (χ2n) is 8.40. The van der Waals surface area contributed by atoms with Gasteiger partial charge < -0.3 is 9.64 Å². The maximum atomic E-state index is 5.44. The summed E-state index contributed by atoms with van der Waals surface area (Å²) in [5.74, 6) is 1.81. The van der Waals surface area contributed by atoms with Crippen molar-refractivity contribution in [2.75, 3.05) is 63.9 Å². The van der Waals surface area contributed by atoms with E-state index < -0.39 is 0 Å². The summed E-state index contributed by atoms with van der Waals surface area (Å²) in [5.41, 5.74) is 1.25. The number of likely N-dealkylation sites (tertiary alicyclic amines) is 1. The van der Waals surface area contributed by atoms with E-state index in [0.717, 1.165) is 57.8 Å². The highest BCUT2D eigenvalue weighted by atomic mass is 16.5. The summed E-state index contributed by atoms with van der Waals surface area (Å²) in [4.78, 5) is 16.7. The standard InChI is InChI=1S/C21H35N5O/c1-2-7-26(8-3-1)21-22-16-20(17-23-21)18-25-10-5-19(6-11-25)4-9-24-12-14-27-15-13-24/h16-17,19H,1-15,18H2. The normalized spacial score (nSPS) is 23.6. The summed E-state index contributed by atoms with van der Waals surface area (Å²) < 4.78 is 5.44. The second-order valence-corrected chi connectivity index (χ2v) is 8.40. The molecule has 27 heavy (non-hydrogen) atoms. The Bertz CT molecular complexity index is 546. The summed E-state index contributed by atoms with van der Waals surface area (Å²) >= 11 is 0. The summed E-state index contributed by atoms with van der Waals surface area (Å²) in [6.45, 7) is 10.9. The van der Waals surface area contributed by atoms with Crippen molar-refractivity contribution in [1.82, 2.24) is 19.8 Å². The fourth-order valence-corrected chi connectivity index (χ4v) is 4.57. The van der Waals surface area contributed by atoms with Crippen LogP contribution in [0.2, 0.25) is 0 Å². The molecule has 0 N–H and O–H groups in total. The van der Waals surface area contributed by atoms with Crippen LogP contribution >= 0.6 is 0 Å². The predicted octanol–water partition coefficient (Wildman–Crippen LogP) is 2.40. The topological polar surface area (TPSA) is 44.7 Å². The molecule has 0 aromatic carbocycles. The molecule has 1 aromatic rings. The molecule has 0 radical (unpaired) electrons. The van der Waals surface area contributed by atoms with Crippen LogP contribution in [0, 0.1) is 5.92 Å². The quantitative estimate of drug-likeness (QED) is 0.763. The van der Waals surface area contributed by atoms with Crippen LogP contribution in [0.1, 0.15) is 44.1 Å². The third kappa shape index (κ3) is 5.62. The van der Waals surface area contributed by atoms with E-state index in [2.05, 4.69) is 24.7 Å². The fourth-order valence-electron chi connectivity index (χ4n) is 4.57. The van der Waals surface area contributed by atoms with Gasteiger partial charge >= 0.3 is 0 Å². The number of aromatic nitrogens is 2. The van der Waals surface area contributed by atoms with Crippen LogP contribution in [0.3, 0.4) is 0 Å². The minimum absolute atomic E-state index is 0.891. The number of hydrogen-bond donors (Lipinski definition) is 0. The summed E-state index contributed by atoms with van der Waals surface area (Å²) in [7, 11) is 0. The van der Waals surface area contributed by atoms with Gasteiger partial charge in [-0.15, -0.1) is 0 Å². The largest absolute Gasteiger partial charge is 0.379 e. The third-order valence-electron chi connectivity index (χ3n) is 6.40. The van der Waals surface area contributed by atoms with Crippen molar-refractivity contribution in [2.24, 2.45) is 5.92 Å². The lowest BCUT2D eigenvalue weighted by Gasteiger charge is -2.34. The van der Waals surface area contributed by atoms with E-state index in [1.165, 1.54) is 63.7 Å². The van der Waals surface area contributed by atoms with Crippen LogP contribution in [0.5, 0.6) is 0 Å². The Kier molecular flexibility index (Phi) is 6.93. The Labute approximate surface area is 163 Å². The van der Waals surface area contributed by atoms with Gasteiger partial charge in [0.15, 0.2) is 0 Å². The number of hydrogen-bond acceptors (Lipinski definition) is 6. The highest BCUT2D eigenvalue weighted by Gasteiger charge is 2.21. The van der Waals surface area contributed by atoms with Crippen molar-refractivity contribution in [2.45, 2.75) is 45.1 Å². The molecular formula is C21H35N5O. The van der Waals surface area contributed by atoms with E-state index >= 15 is 0 Å². The van der Waals surface area contributed by atoms with Crippen molar-refractivity contribution < 1.29 is 4.74 Å². The van der Waals surface area contributed by atoms with Crippen molar-refractivity contribution in [1.29, 1.82) is 0 Å². The van der Waals surface area contributed by atoms with E-state index in [0.29, 0.717) is 0 Å². The average Bonchev–Trinajstić information content (AvgIpc) is 2.75. The molecule has 0 atom stereocenters. The van der Waals surface area contributed by atoms with Crippen molar-refractivity contribution in [3.63, 3.8) is 0 Å². The highest BCUT2D eigenvalue weighted by molar-refractivity contribution is 5.30. The molecule has 0 amide bonds. The van der Waals surface area contributed by atoms with Crippen LogP contribution in [-0.4, -0.2) is 78.8 Å². The minimum atomic E-state index is 0.891. The maximum absolute atomic E-state index is 5.44. The summed E-state index contributed by atoms with van der Waals surface area (Å²) in [6, 6.07) is 0. The number of ether oxygens (including phenoxy) is 1. The predicted molar refractivity (Wildman–Crippen MR) is 108 cm³/mol. The molecule has 0 bridgehead atoms. The Morgan fingerprint density at radius 1 is 0.852 bits per heavy atom. The lowest BCUT2D eigenvalue weighted by molar-refractivity contribution is 0.0334. The molecule has 3 saturated heterocycles. The molecule has 6 nitrogen and oxygen atoms in total. The summed E-state index contributed by atoms with van der Waals surface area (Å²) in [5, 5.41) is 0. The zero-order chi connectivity index (χ0) is 18.3. The third-order valence-corrected chi connectivity index (χ3v) is 6.40. The molecule has 6 heteroatoms. The van der Waals surface area contributed by atoms with Crippen LogP contribution in [0.25, 0.3) is 0 Å². The molecule has 150 valence electrons. The Hall–Kier alpha value is -1.24. The second kappa shape index (κ2) is 9.80. The van der Waals surface area contributed by atoms with Gasteiger partial charge in [0, 0.05) is 50.7 Å². The first-order valence-corrected chi connectivity index (χ1v) is 11.0. The first-order valence-electron chi connectivity index (χ1n) is 11.0. The molecule has 3 fully saturated rings. The smallest absolute Gasteiger partial charge is 0.225 e. The van der Waals surface area contributed by atoms with Gasteiger partial charge in [0.2, 0.25) is 5.95 Å². The van der Waals surface area contributed by atoms with E-state index in [9.17, 15) is 0 Å². The monoisotopic (exact) mass is 373 g/mol. The lowest BCUT2D eigenvalue weighted by atomic mass is 9.93. The number of rotatable bonds is 6. The van der Waals surface area contributed by atoms with Gasteiger partial charge in [-0.3, -0.25) is 9.80 Å². The molecule has 3 aliphatic rings. The molecule has 0 spiro atoms. The molecule has 0 aliphatic carbocycles. The van der Waals surface area contributed by atoms with Gasteiger partial charge in [0.05, 0.1) is 13.2 Å². The van der Waals surface area contributed by atoms with Crippen LogP contribution in [0.4, 0.5) is 5.95 Å². The molecule has 0 unspecified atom stereocenters. The summed E-state index contributed by atoms with van der Waals surface area (Å²) in [6.07, 6.45) is 12.0. The van der Waals surface area contributed by atoms with Gasteiger partial charge in [-0.05, 0) is 64.1 Å². The fraction of sp³-hybridized carbons (Fsp3) is 0.810. The van der Waals surface area contributed by atoms with Crippen LogP contribution in [-0.2, 0) is 11.3 Å². The Balaban J connectivity index is 1.17. The van der Waals surface area contributed by atoms with Gasteiger partial charge in [0.25, 0.3) is 0 Å². The van der Waals surface area contributed by atoms with E-state index in [4.69, 9.17) is 4.74 Å². The van der Waals surface area contributed by atoms with Gasteiger partial charge in [-0.25, -0.2) is 9.97 Å². The molecule has 0 saturated carbocycles. The number of piperidine rings is 2. The SMILES string of the molecule is c1nc(N2CCCCC2)ncc1CN1CCC(CCN2CCOCC2)CC1. The van der Waals surface area contributed by atoms with Gasteiger partial charge in [-0.2, -0.15) is 0 Å². The van der Waals surface area contributed by atoms with Gasteiger partial charge in [0.1, 0.15) is 0 Å². The van der Waals surface area contributed by atoms with E-state index in [1.54, 1.807) is 0 Å². The van der Waals surface area contributed by atoms with Crippen molar-refractivity contribution >= 4 is 5.95 Å². The number of anilines is 1. The Morgan fingerprint density at radius 2 is 1.56 bits per heavy atom. The van der Waals surface area contributed by atoms with Crippen molar-refractivity contribution in [3.8, 4) is 0 Å². The maximum Gasteiger partial charge on any atom is 0.225 e. The molecular weight excluding hydrogens is 338 g/mol.